The monoisotopic (exact) mass is 461 g/mol. The Balaban J connectivity index is 1.67. The van der Waals surface area contributed by atoms with Gasteiger partial charge in [0, 0.05) is 23.7 Å². The highest BCUT2D eigenvalue weighted by molar-refractivity contribution is 7.20. The summed E-state index contributed by atoms with van der Waals surface area (Å²) in [5.74, 6) is 0.625. The molecule has 1 N–H and O–H groups in total. The van der Waals surface area contributed by atoms with Crippen LogP contribution in [-0.2, 0) is 13.2 Å². The molecule has 2 aromatic heterocycles. The topological polar surface area (TPSA) is 65.4 Å². The number of thiophene rings is 1. The van der Waals surface area contributed by atoms with Gasteiger partial charge in [-0.15, -0.1) is 11.3 Å². The summed E-state index contributed by atoms with van der Waals surface area (Å²) in [6.07, 6.45) is -4.49. The number of rotatable bonds is 5. The Bertz CT molecular complexity index is 1310. The first-order valence-corrected chi connectivity index (χ1v) is 10.2. The summed E-state index contributed by atoms with van der Waals surface area (Å²) in [5, 5.41) is 7.84. The van der Waals surface area contributed by atoms with Gasteiger partial charge < -0.3 is 14.8 Å². The number of nitrogens with one attached hydrogen (secondary N) is 1. The molecule has 0 aliphatic heterocycles. The number of methoxy groups -OCH3 is 2. The Hall–Kier alpha value is -3.53. The van der Waals surface area contributed by atoms with Gasteiger partial charge in [-0.25, -0.2) is 0 Å². The van der Waals surface area contributed by atoms with Crippen molar-refractivity contribution in [3.8, 4) is 22.8 Å². The van der Waals surface area contributed by atoms with Gasteiger partial charge in [0.2, 0.25) is 0 Å². The second-order valence-electron chi connectivity index (χ2n) is 6.90. The van der Waals surface area contributed by atoms with Gasteiger partial charge in [0.15, 0.2) is 11.5 Å². The van der Waals surface area contributed by atoms with Crippen LogP contribution in [0, 0.1) is 0 Å². The molecule has 10 heteroatoms. The molecule has 0 saturated carbocycles. The predicted molar refractivity (Wildman–Crippen MR) is 117 cm³/mol. The van der Waals surface area contributed by atoms with E-state index in [2.05, 4.69) is 10.4 Å². The number of halogens is 3. The average Bonchev–Trinajstić information content (AvgIpc) is 3.33. The summed E-state index contributed by atoms with van der Waals surface area (Å²) in [6, 6.07) is 11.6. The van der Waals surface area contributed by atoms with E-state index in [1.54, 1.807) is 37.0 Å². The van der Waals surface area contributed by atoms with Crippen LogP contribution in [0.25, 0.3) is 21.5 Å². The van der Waals surface area contributed by atoms with Crippen molar-refractivity contribution in [2.45, 2.75) is 6.18 Å². The minimum Gasteiger partial charge on any atom is -0.493 e. The third-order valence-electron chi connectivity index (χ3n) is 4.84. The first-order chi connectivity index (χ1) is 15.2. The molecule has 0 bridgehead atoms. The van der Waals surface area contributed by atoms with Crippen molar-refractivity contribution < 1.29 is 27.4 Å². The lowest BCUT2D eigenvalue weighted by Gasteiger charge is -2.09. The molecule has 4 aromatic rings. The Morgan fingerprint density at radius 2 is 1.81 bits per heavy atom. The van der Waals surface area contributed by atoms with E-state index in [-0.39, 0.29) is 5.69 Å². The molecule has 6 nitrogen and oxygen atoms in total. The zero-order valence-electron chi connectivity index (χ0n) is 17.3. The number of nitrogens with zero attached hydrogens (tertiary/aromatic N) is 2. The van der Waals surface area contributed by atoms with Crippen LogP contribution in [0.1, 0.15) is 15.2 Å². The van der Waals surface area contributed by atoms with E-state index in [1.807, 2.05) is 6.07 Å². The van der Waals surface area contributed by atoms with Crippen LogP contribution in [0.4, 0.5) is 18.9 Å². The number of anilines is 1. The summed E-state index contributed by atoms with van der Waals surface area (Å²) >= 11 is 1.20. The summed E-state index contributed by atoms with van der Waals surface area (Å²) in [4.78, 5) is 13.8. The minimum atomic E-state index is -4.49. The number of carbonyl (C=O) groups excluding carboxylic acids is 1. The molecular weight excluding hydrogens is 443 g/mol. The highest BCUT2D eigenvalue weighted by Crippen LogP contribution is 2.38. The van der Waals surface area contributed by atoms with Crippen molar-refractivity contribution in [2.75, 3.05) is 19.5 Å². The number of amides is 1. The van der Waals surface area contributed by atoms with Crippen LogP contribution in [0.15, 0.2) is 48.5 Å². The molecule has 0 aliphatic carbocycles. The zero-order chi connectivity index (χ0) is 23.0. The van der Waals surface area contributed by atoms with Crippen molar-refractivity contribution >= 4 is 33.1 Å². The summed E-state index contributed by atoms with van der Waals surface area (Å²) in [5.41, 5.74) is 0.667. The van der Waals surface area contributed by atoms with E-state index >= 15 is 0 Å². The van der Waals surface area contributed by atoms with Crippen LogP contribution in [0.2, 0.25) is 0 Å². The van der Waals surface area contributed by atoms with Gasteiger partial charge >= 0.3 is 6.18 Å². The smallest absolute Gasteiger partial charge is 0.416 e. The second-order valence-corrected chi connectivity index (χ2v) is 7.93. The molecule has 0 unspecified atom stereocenters. The lowest BCUT2D eigenvalue weighted by atomic mass is 10.1. The number of hydrogen-bond donors (Lipinski definition) is 1. The second kappa shape index (κ2) is 8.19. The number of hydrogen-bond acceptors (Lipinski definition) is 5. The van der Waals surface area contributed by atoms with E-state index in [4.69, 9.17) is 9.47 Å². The maximum absolute atomic E-state index is 12.9. The lowest BCUT2D eigenvalue weighted by molar-refractivity contribution is -0.137. The Labute approximate surface area is 185 Å². The Morgan fingerprint density at radius 1 is 1.06 bits per heavy atom. The molecule has 0 spiro atoms. The minimum absolute atomic E-state index is 0.0699. The summed E-state index contributed by atoms with van der Waals surface area (Å²) in [7, 11) is 4.85. The molecule has 1 amide bonds. The molecule has 0 radical (unpaired) electrons. The standard InChI is InChI=1S/C22H18F3N3O3S/c1-28-21-15(19(27-28)12-7-8-16(30-2)17(9-12)31-3)11-18(32-21)20(29)26-14-6-4-5-13(10-14)22(23,24)25/h4-11H,1-3H3,(H,26,29). The Kier molecular flexibility index (Phi) is 5.55. The first kappa shape index (κ1) is 21.7. The molecule has 0 atom stereocenters. The number of alkyl halides is 3. The SMILES string of the molecule is COc1ccc(-c2nn(C)c3sc(C(=O)Nc4cccc(C(F)(F)F)c4)cc23)cc1OC. The number of carbonyl (C=O) groups is 1. The van der Waals surface area contributed by atoms with E-state index in [0.29, 0.717) is 22.1 Å². The zero-order valence-corrected chi connectivity index (χ0v) is 18.1. The van der Waals surface area contributed by atoms with E-state index < -0.39 is 17.6 Å². The molecule has 32 heavy (non-hydrogen) atoms. The number of benzene rings is 2. The van der Waals surface area contributed by atoms with Crippen LogP contribution >= 0.6 is 11.3 Å². The van der Waals surface area contributed by atoms with E-state index in [1.165, 1.54) is 30.6 Å². The molecule has 0 fully saturated rings. The third-order valence-corrected chi connectivity index (χ3v) is 6.04. The molecule has 4 rings (SSSR count). The van der Waals surface area contributed by atoms with Gasteiger partial charge in [-0.05, 0) is 42.5 Å². The van der Waals surface area contributed by atoms with Crippen LogP contribution in [0.5, 0.6) is 11.5 Å². The van der Waals surface area contributed by atoms with Gasteiger partial charge in [0.1, 0.15) is 10.5 Å². The molecule has 0 aliphatic rings. The van der Waals surface area contributed by atoms with Crippen molar-refractivity contribution in [1.82, 2.24) is 9.78 Å². The molecule has 166 valence electrons. The molecule has 2 aromatic carbocycles. The van der Waals surface area contributed by atoms with E-state index in [9.17, 15) is 18.0 Å². The highest BCUT2D eigenvalue weighted by Gasteiger charge is 2.30. The van der Waals surface area contributed by atoms with Gasteiger partial charge in [0.25, 0.3) is 5.91 Å². The predicted octanol–water partition coefficient (Wildman–Crippen LogP) is 5.59. The van der Waals surface area contributed by atoms with Gasteiger partial charge in [-0.1, -0.05) is 6.07 Å². The Morgan fingerprint density at radius 3 is 2.50 bits per heavy atom. The largest absolute Gasteiger partial charge is 0.493 e. The van der Waals surface area contributed by atoms with Crippen molar-refractivity contribution in [2.24, 2.45) is 7.05 Å². The lowest BCUT2D eigenvalue weighted by Crippen LogP contribution is -2.11. The maximum atomic E-state index is 12.9. The normalized spacial score (nSPS) is 11.6. The van der Waals surface area contributed by atoms with Crippen molar-refractivity contribution in [1.29, 1.82) is 0 Å². The van der Waals surface area contributed by atoms with Crippen LogP contribution in [0.3, 0.4) is 0 Å². The summed E-state index contributed by atoms with van der Waals surface area (Å²) < 4.78 is 51.1. The third kappa shape index (κ3) is 4.01. The van der Waals surface area contributed by atoms with Crippen LogP contribution in [-0.4, -0.2) is 29.9 Å². The fourth-order valence-corrected chi connectivity index (χ4v) is 4.28. The van der Waals surface area contributed by atoms with Gasteiger partial charge in [0.05, 0.1) is 24.7 Å². The number of aryl methyl sites for hydroxylation is 1. The molecule has 0 saturated heterocycles. The van der Waals surface area contributed by atoms with Crippen molar-refractivity contribution in [3.05, 3.63) is 59.0 Å². The number of fused-ring (bicyclic) bond motifs is 1. The average molecular weight is 461 g/mol. The van der Waals surface area contributed by atoms with Gasteiger partial charge in [-0.3, -0.25) is 9.48 Å². The van der Waals surface area contributed by atoms with Crippen LogP contribution < -0.4 is 14.8 Å². The summed E-state index contributed by atoms with van der Waals surface area (Å²) in [6.45, 7) is 0. The van der Waals surface area contributed by atoms with E-state index in [0.717, 1.165) is 27.9 Å². The fraction of sp³-hybridized carbons (Fsp3) is 0.182. The highest BCUT2D eigenvalue weighted by atomic mass is 32.1. The first-order valence-electron chi connectivity index (χ1n) is 9.39. The molecule has 2 heterocycles. The number of aromatic nitrogens is 2. The maximum Gasteiger partial charge on any atom is 0.416 e. The van der Waals surface area contributed by atoms with Crippen molar-refractivity contribution in [3.63, 3.8) is 0 Å². The number of ether oxygens (including phenoxy) is 2. The van der Waals surface area contributed by atoms with Gasteiger partial charge in [-0.2, -0.15) is 18.3 Å². The molecular formula is C22H18F3N3O3S. The fourth-order valence-electron chi connectivity index (χ4n) is 3.32. The quantitative estimate of drug-likeness (QED) is 0.421.